The summed E-state index contributed by atoms with van der Waals surface area (Å²) in [6, 6.07) is 9.76. The number of hydrogen-bond acceptors (Lipinski definition) is 3. The van der Waals surface area contributed by atoms with Crippen molar-refractivity contribution < 1.29 is 26.4 Å². The van der Waals surface area contributed by atoms with Crippen LogP contribution in [0.5, 0.6) is 0 Å². The Morgan fingerprint density at radius 3 is 2.32 bits per heavy atom. The van der Waals surface area contributed by atoms with Gasteiger partial charge in [0.05, 0.1) is 17.1 Å². The molecule has 5 nitrogen and oxygen atoms in total. The Morgan fingerprint density at radius 1 is 1.04 bits per heavy atom. The average Bonchev–Trinajstić information content (AvgIpc) is 2.60. The van der Waals surface area contributed by atoms with Crippen LogP contribution in [0.2, 0.25) is 0 Å². The molecule has 2 rings (SSSR count). The lowest BCUT2D eigenvalue weighted by atomic mass is 10.2. The first-order valence-corrected chi connectivity index (χ1v) is 8.78. The molecular weight excluding hydrogens is 357 g/mol. The molecule has 0 aliphatic carbocycles. The monoisotopic (exact) mass is 372 g/mol. The van der Waals surface area contributed by atoms with E-state index in [0.717, 1.165) is 10.4 Å². The molecule has 2 aromatic carbocycles. The van der Waals surface area contributed by atoms with E-state index >= 15 is 0 Å². The van der Waals surface area contributed by atoms with Crippen LogP contribution in [0.4, 0.5) is 24.5 Å². The number of para-hydroxylation sites is 1. The van der Waals surface area contributed by atoms with Crippen LogP contribution in [-0.4, -0.2) is 27.1 Å². The maximum atomic E-state index is 13.5. The number of carbonyl (C=O) groups is 1. The molecule has 0 aromatic heterocycles. The van der Waals surface area contributed by atoms with Gasteiger partial charge >= 0.3 is 0 Å². The van der Waals surface area contributed by atoms with Gasteiger partial charge in [-0.2, -0.15) is 0 Å². The van der Waals surface area contributed by atoms with E-state index in [1.54, 1.807) is 30.3 Å². The van der Waals surface area contributed by atoms with Gasteiger partial charge in [0.25, 0.3) is 0 Å². The fourth-order valence-electron chi connectivity index (χ4n) is 1.99. The Bertz CT molecular complexity index is 874. The second-order valence-electron chi connectivity index (χ2n) is 5.14. The van der Waals surface area contributed by atoms with E-state index in [0.29, 0.717) is 11.8 Å². The molecule has 0 heterocycles. The lowest BCUT2D eigenvalue weighted by Crippen LogP contribution is -2.30. The van der Waals surface area contributed by atoms with E-state index in [9.17, 15) is 26.4 Å². The third-order valence-electron chi connectivity index (χ3n) is 3.43. The number of rotatable bonds is 6. The average molecular weight is 372 g/mol. The van der Waals surface area contributed by atoms with Crippen LogP contribution in [0.15, 0.2) is 42.5 Å². The molecule has 0 saturated carbocycles. The van der Waals surface area contributed by atoms with Gasteiger partial charge < -0.3 is 5.32 Å². The molecule has 0 atom stereocenters. The van der Waals surface area contributed by atoms with Crippen LogP contribution in [-0.2, 0) is 14.8 Å². The number of benzene rings is 2. The molecule has 1 N–H and O–H groups in total. The largest absolute Gasteiger partial charge is 0.323 e. The molecule has 25 heavy (non-hydrogen) atoms. The van der Waals surface area contributed by atoms with E-state index in [1.165, 1.54) is 7.05 Å². The van der Waals surface area contributed by atoms with Crippen molar-refractivity contribution in [2.75, 3.05) is 22.4 Å². The smallest absolute Gasteiger partial charge is 0.235 e. The lowest BCUT2D eigenvalue weighted by molar-refractivity contribution is -0.115. The fraction of sp³-hybridized carbons (Fsp3) is 0.188. The van der Waals surface area contributed by atoms with E-state index in [4.69, 9.17) is 0 Å². The predicted octanol–water partition coefficient (Wildman–Crippen LogP) is 2.90. The minimum absolute atomic E-state index is 0.426. The van der Waals surface area contributed by atoms with Crippen molar-refractivity contribution in [2.45, 2.75) is 6.42 Å². The maximum absolute atomic E-state index is 13.5. The molecule has 0 aliphatic rings. The first-order valence-electron chi connectivity index (χ1n) is 7.17. The zero-order chi connectivity index (χ0) is 18.6. The van der Waals surface area contributed by atoms with Crippen LogP contribution in [0.1, 0.15) is 6.42 Å². The zero-order valence-corrected chi connectivity index (χ0v) is 14.0. The number of anilines is 2. The molecule has 2 aromatic rings. The molecule has 0 unspecified atom stereocenters. The normalized spacial score (nSPS) is 11.2. The van der Waals surface area contributed by atoms with Crippen LogP contribution >= 0.6 is 0 Å². The van der Waals surface area contributed by atoms with Gasteiger partial charge in [-0.3, -0.25) is 9.10 Å². The molecule has 1 amide bonds. The molecule has 0 aliphatic heterocycles. The van der Waals surface area contributed by atoms with Gasteiger partial charge in [-0.15, -0.1) is 0 Å². The van der Waals surface area contributed by atoms with Crippen LogP contribution in [0, 0.1) is 17.5 Å². The molecule has 0 bridgehead atoms. The number of halogens is 3. The molecule has 9 heteroatoms. The first kappa shape index (κ1) is 18.8. The van der Waals surface area contributed by atoms with E-state index < -0.39 is 51.2 Å². The van der Waals surface area contributed by atoms with Crippen LogP contribution < -0.4 is 9.62 Å². The van der Waals surface area contributed by atoms with Crippen molar-refractivity contribution in [1.82, 2.24) is 0 Å². The number of carbonyl (C=O) groups excluding carboxylic acids is 1. The third kappa shape index (κ3) is 4.50. The molecule has 0 radical (unpaired) electrons. The number of nitrogens with zero attached hydrogens (tertiary/aromatic N) is 1. The Kier molecular flexibility index (Phi) is 5.68. The summed E-state index contributed by atoms with van der Waals surface area (Å²) in [4.78, 5) is 11.8. The summed E-state index contributed by atoms with van der Waals surface area (Å²) in [5.41, 5.74) is -0.132. The van der Waals surface area contributed by atoms with Gasteiger partial charge in [0.1, 0.15) is 0 Å². The number of amides is 1. The highest BCUT2D eigenvalue weighted by Crippen LogP contribution is 2.20. The molecule has 0 saturated heterocycles. The highest BCUT2D eigenvalue weighted by molar-refractivity contribution is 7.92. The van der Waals surface area contributed by atoms with Gasteiger partial charge in [0.15, 0.2) is 17.5 Å². The van der Waals surface area contributed by atoms with Gasteiger partial charge in [0.2, 0.25) is 15.9 Å². The van der Waals surface area contributed by atoms with E-state index in [-0.39, 0.29) is 0 Å². The van der Waals surface area contributed by atoms with Crippen molar-refractivity contribution in [3.05, 3.63) is 59.9 Å². The number of nitrogens with one attached hydrogen (secondary N) is 1. The first-order chi connectivity index (χ1) is 11.7. The summed E-state index contributed by atoms with van der Waals surface area (Å²) in [6.07, 6.45) is -0.474. The second kappa shape index (κ2) is 7.56. The van der Waals surface area contributed by atoms with Crippen molar-refractivity contribution >= 4 is 27.3 Å². The second-order valence-corrected chi connectivity index (χ2v) is 7.26. The zero-order valence-electron chi connectivity index (χ0n) is 13.2. The van der Waals surface area contributed by atoms with Crippen molar-refractivity contribution in [1.29, 1.82) is 0 Å². The molecular formula is C16H15F3N2O3S. The fourth-order valence-corrected chi connectivity index (χ4v) is 3.15. The molecule has 0 fully saturated rings. The van der Waals surface area contributed by atoms with Crippen molar-refractivity contribution in [3.63, 3.8) is 0 Å². The summed E-state index contributed by atoms with van der Waals surface area (Å²) in [7, 11) is -2.44. The Morgan fingerprint density at radius 2 is 1.68 bits per heavy atom. The quantitative estimate of drug-likeness (QED) is 0.793. The predicted molar refractivity (Wildman–Crippen MR) is 88.2 cm³/mol. The molecule has 134 valence electrons. The number of hydrogen-bond donors (Lipinski definition) is 1. The van der Waals surface area contributed by atoms with Gasteiger partial charge in [0, 0.05) is 13.5 Å². The third-order valence-corrected chi connectivity index (χ3v) is 5.20. The molecule has 0 spiro atoms. The summed E-state index contributed by atoms with van der Waals surface area (Å²) < 4.78 is 64.9. The summed E-state index contributed by atoms with van der Waals surface area (Å²) in [5, 5.41) is 2.03. The Labute approximate surface area is 143 Å². The van der Waals surface area contributed by atoms with Gasteiger partial charge in [-0.1, -0.05) is 18.2 Å². The standard InChI is InChI=1S/C16H15F3N2O3S/c1-21(11-5-3-2-4-6-11)25(23,24)10-9-14(22)20-13-8-7-12(17)15(18)16(13)19/h2-8H,9-10H2,1H3,(H,20,22). The van der Waals surface area contributed by atoms with Crippen molar-refractivity contribution in [3.8, 4) is 0 Å². The summed E-state index contributed by atoms with van der Waals surface area (Å²) in [6.45, 7) is 0. The summed E-state index contributed by atoms with van der Waals surface area (Å²) in [5.74, 6) is -6.01. The summed E-state index contributed by atoms with van der Waals surface area (Å²) >= 11 is 0. The number of sulfonamides is 1. The van der Waals surface area contributed by atoms with E-state index in [2.05, 4.69) is 0 Å². The highest BCUT2D eigenvalue weighted by atomic mass is 32.2. The van der Waals surface area contributed by atoms with Gasteiger partial charge in [-0.05, 0) is 24.3 Å². The minimum atomic E-state index is -3.78. The van der Waals surface area contributed by atoms with Gasteiger partial charge in [-0.25, -0.2) is 21.6 Å². The Hall–Kier alpha value is -2.55. The SMILES string of the molecule is CN(c1ccccc1)S(=O)(=O)CCC(=O)Nc1ccc(F)c(F)c1F. The minimum Gasteiger partial charge on any atom is -0.323 e. The topological polar surface area (TPSA) is 66.5 Å². The van der Waals surface area contributed by atoms with Crippen LogP contribution in [0.3, 0.4) is 0 Å². The van der Waals surface area contributed by atoms with E-state index in [1.807, 2.05) is 5.32 Å². The maximum Gasteiger partial charge on any atom is 0.235 e. The van der Waals surface area contributed by atoms with Crippen LogP contribution in [0.25, 0.3) is 0 Å². The Balaban J connectivity index is 2.01. The van der Waals surface area contributed by atoms with Crippen molar-refractivity contribution in [2.24, 2.45) is 0 Å². The lowest BCUT2D eigenvalue weighted by Gasteiger charge is -2.19. The highest BCUT2D eigenvalue weighted by Gasteiger charge is 2.21.